The minimum atomic E-state index is -0.110. The number of hydrogen-bond acceptors (Lipinski definition) is 5. The molecule has 0 aliphatic rings. The average molecular weight is 277 g/mol. The Morgan fingerprint density at radius 2 is 2.37 bits per heavy atom. The molecule has 0 radical (unpaired) electrons. The predicted molar refractivity (Wildman–Crippen MR) is 73.0 cm³/mol. The van der Waals surface area contributed by atoms with Crippen LogP contribution >= 0.6 is 11.3 Å². The lowest BCUT2D eigenvalue weighted by atomic mass is 10.3. The van der Waals surface area contributed by atoms with E-state index in [1.165, 1.54) is 11.3 Å². The fourth-order valence-corrected chi connectivity index (χ4v) is 2.57. The predicted octanol–water partition coefficient (Wildman–Crippen LogP) is 1.92. The van der Waals surface area contributed by atoms with E-state index in [1.807, 2.05) is 19.1 Å². The first-order valence-corrected chi connectivity index (χ1v) is 6.64. The highest BCUT2D eigenvalue weighted by Gasteiger charge is 2.14. The molecule has 0 fully saturated rings. The Balaban J connectivity index is 2.00. The van der Waals surface area contributed by atoms with Gasteiger partial charge in [-0.1, -0.05) is 6.07 Å². The summed E-state index contributed by atoms with van der Waals surface area (Å²) in [5, 5.41) is 3.67. The summed E-state index contributed by atoms with van der Waals surface area (Å²) in [6.07, 6.45) is 3.44. The van der Waals surface area contributed by atoms with Crippen molar-refractivity contribution in [3.05, 3.63) is 45.7 Å². The number of thiazole rings is 1. The van der Waals surface area contributed by atoms with E-state index in [0.717, 1.165) is 16.3 Å². The number of carbonyl (C=O) groups is 1. The Hall–Kier alpha value is -1.79. The first kappa shape index (κ1) is 13.6. The maximum Gasteiger partial charge on any atom is 0.263 e. The third-order valence-electron chi connectivity index (χ3n) is 2.49. The van der Waals surface area contributed by atoms with Gasteiger partial charge in [-0.2, -0.15) is 0 Å². The van der Waals surface area contributed by atoms with Crippen molar-refractivity contribution in [3.8, 4) is 0 Å². The largest absolute Gasteiger partial charge is 0.378 e. The minimum Gasteiger partial charge on any atom is -0.378 e. The van der Waals surface area contributed by atoms with Gasteiger partial charge in [-0.05, 0) is 18.6 Å². The molecule has 2 aromatic rings. The second-order valence-electron chi connectivity index (χ2n) is 4.00. The smallest absolute Gasteiger partial charge is 0.263 e. The van der Waals surface area contributed by atoms with Crippen molar-refractivity contribution in [3.63, 3.8) is 0 Å². The second kappa shape index (κ2) is 6.40. The molecule has 1 N–H and O–H groups in total. The third-order valence-corrected chi connectivity index (χ3v) is 3.62. The van der Waals surface area contributed by atoms with Crippen molar-refractivity contribution in [1.29, 1.82) is 0 Å². The molecule has 0 aromatic carbocycles. The van der Waals surface area contributed by atoms with Gasteiger partial charge in [-0.15, -0.1) is 11.3 Å². The molecule has 0 saturated carbocycles. The Morgan fingerprint density at radius 3 is 3.05 bits per heavy atom. The van der Waals surface area contributed by atoms with Crippen LogP contribution in [0, 0.1) is 6.92 Å². The lowest BCUT2D eigenvalue weighted by molar-refractivity contribution is 0.0954. The fourth-order valence-electron chi connectivity index (χ4n) is 1.61. The highest BCUT2D eigenvalue weighted by Crippen LogP contribution is 2.18. The molecule has 0 spiro atoms. The van der Waals surface area contributed by atoms with Gasteiger partial charge in [0.1, 0.15) is 9.88 Å². The summed E-state index contributed by atoms with van der Waals surface area (Å²) in [7, 11) is 1.61. The second-order valence-corrected chi connectivity index (χ2v) is 5.08. The maximum atomic E-state index is 12.1. The summed E-state index contributed by atoms with van der Waals surface area (Å²) in [6, 6.07) is 3.76. The Kier molecular flexibility index (Phi) is 4.59. The molecular weight excluding hydrogens is 262 g/mol. The molecule has 0 aliphatic heterocycles. The van der Waals surface area contributed by atoms with Gasteiger partial charge in [0, 0.05) is 26.0 Å². The van der Waals surface area contributed by atoms with Gasteiger partial charge in [0.2, 0.25) is 0 Å². The third kappa shape index (κ3) is 3.59. The molecule has 19 heavy (non-hydrogen) atoms. The molecule has 0 atom stereocenters. The van der Waals surface area contributed by atoms with E-state index in [-0.39, 0.29) is 5.91 Å². The quantitative estimate of drug-likeness (QED) is 0.907. The number of ether oxygens (including phenoxy) is 1. The first-order valence-electron chi connectivity index (χ1n) is 5.83. The number of pyridine rings is 1. The van der Waals surface area contributed by atoms with Gasteiger partial charge in [0.05, 0.1) is 12.3 Å². The molecular formula is C13H15N3O2S. The average Bonchev–Trinajstić information content (AvgIpc) is 2.79. The lowest BCUT2D eigenvalue weighted by Crippen LogP contribution is -2.22. The number of nitrogens with one attached hydrogen (secondary N) is 1. The molecule has 5 nitrogen and oxygen atoms in total. The highest BCUT2D eigenvalue weighted by molar-refractivity contribution is 7.13. The van der Waals surface area contributed by atoms with Crippen molar-refractivity contribution in [2.24, 2.45) is 0 Å². The Morgan fingerprint density at radius 1 is 1.53 bits per heavy atom. The zero-order chi connectivity index (χ0) is 13.7. The van der Waals surface area contributed by atoms with Gasteiger partial charge in [0.15, 0.2) is 0 Å². The van der Waals surface area contributed by atoms with E-state index in [9.17, 15) is 4.79 Å². The zero-order valence-corrected chi connectivity index (χ0v) is 11.7. The Bertz CT molecular complexity index is 554. The topological polar surface area (TPSA) is 64.1 Å². The summed E-state index contributed by atoms with van der Waals surface area (Å²) < 4.78 is 5.01. The van der Waals surface area contributed by atoms with Crippen LogP contribution in [0.3, 0.4) is 0 Å². The van der Waals surface area contributed by atoms with Crippen molar-refractivity contribution < 1.29 is 9.53 Å². The van der Waals surface area contributed by atoms with E-state index < -0.39 is 0 Å². The number of carbonyl (C=O) groups excluding carboxylic acids is 1. The van der Waals surface area contributed by atoms with E-state index in [1.54, 1.807) is 19.5 Å². The monoisotopic (exact) mass is 277 g/mol. The lowest BCUT2D eigenvalue weighted by Gasteiger charge is -2.03. The van der Waals surface area contributed by atoms with Crippen LogP contribution in [0.15, 0.2) is 24.5 Å². The molecule has 1 amide bonds. The fraction of sp³-hybridized carbons (Fsp3) is 0.308. The van der Waals surface area contributed by atoms with Crippen LogP contribution in [0.4, 0.5) is 0 Å². The van der Waals surface area contributed by atoms with Gasteiger partial charge in [-0.25, -0.2) is 4.98 Å². The Labute approximate surface area is 115 Å². The SMILES string of the molecule is COCc1nc(C)c(C(=O)NCc2cccnc2)s1. The zero-order valence-electron chi connectivity index (χ0n) is 10.8. The molecule has 6 heteroatoms. The number of amides is 1. The molecule has 2 rings (SSSR count). The normalized spacial score (nSPS) is 10.4. The number of aromatic nitrogens is 2. The number of methoxy groups -OCH3 is 1. The van der Waals surface area contributed by atoms with Crippen LogP contribution in [0.2, 0.25) is 0 Å². The number of hydrogen-bond donors (Lipinski definition) is 1. The molecule has 0 unspecified atom stereocenters. The van der Waals surface area contributed by atoms with Gasteiger partial charge in [0.25, 0.3) is 5.91 Å². The first-order chi connectivity index (χ1) is 9.20. The van der Waals surface area contributed by atoms with E-state index in [2.05, 4.69) is 15.3 Å². The van der Waals surface area contributed by atoms with Crippen LogP contribution in [-0.2, 0) is 17.9 Å². The van der Waals surface area contributed by atoms with Crippen LogP contribution in [0.1, 0.15) is 25.9 Å². The van der Waals surface area contributed by atoms with Crippen molar-refractivity contribution >= 4 is 17.2 Å². The highest BCUT2D eigenvalue weighted by atomic mass is 32.1. The van der Waals surface area contributed by atoms with Gasteiger partial charge < -0.3 is 10.1 Å². The van der Waals surface area contributed by atoms with Crippen LogP contribution < -0.4 is 5.32 Å². The van der Waals surface area contributed by atoms with Gasteiger partial charge >= 0.3 is 0 Å². The molecule has 0 saturated heterocycles. The number of aryl methyl sites for hydroxylation is 1. The van der Waals surface area contributed by atoms with Crippen molar-refractivity contribution in [2.75, 3.05) is 7.11 Å². The summed E-state index contributed by atoms with van der Waals surface area (Å²) in [4.78, 5) is 21.0. The van der Waals surface area contributed by atoms with Crippen molar-refractivity contribution in [1.82, 2.24) is 15.3 Å². The minimum absolute atomic E-state index is 0.110. The summed E-state index contributed by atoms with van der Waals surface area (Å²) in [6.45, 7) is 2.72. The molecule has 0 aliphatic carbocycles. The van der Waals surface area contributed by atoms with E-state index in [0.29, 0.717) is 18.0 Å². The summed E-state index contributed by atoms with van der Waals surface area (Å²) in [5.41, 5.74) is 1.70. The van der Waals surface area contributed by atoms with Crippen molar-refractivity contribution in [2.45, 2.75) is 20.1 Å². The summed E-state index contributed by atoms with van der Waals surface area (Å²) >= 11 is 1.36. The summed E-state index contributed by atoms with van der Waals surface area (Å²) in [5.74, 6) is -0.110. The van der Waals surface area contributed by atoms with Gasteiger partial charge in [-0.3, -0.25) is 9.78 Å². The number of nitrogens with zero attached hydrogens (tertiary/aromatic N) is 2. The van der Waals surface area contributed by atoms with E-state index >= 15 is 0 Å². The van der Waals surface area contributed by atoms with Crippen LogP contribution in [-0.4, -0.2) is 23.0 Å². The van der Waals surface area contributed by atoms with Crippen LogP contribution in [0.25, 0.3) is 0 Å². The molecule has 0 bridgehead atoms. The maximum absolute atomic E-state index is 12.1. The number of rotatable bonds is 5. The van der Waals surface area contributed by atoms with Crippen LogP contribution in [0.5, 0.6) is 0 Å². The molecule has 100 valence electrons. The molecule has 2 heterocycles. The molecule has 2 aromatic heterocycles. The standard InChI is InChI=1S/C13H15N3O2S/c1-9-12(19-11(16-9)8-18-2)13(17)15-7-10-4-3-5-14-6-10/h3-6H,7-8H2,1-2H3,(H,15,17). The van der Waals surface area contributed by atoms with E-state index in [4.69, 9.17) is 4.74 Å².